The van der Waals surface area contributed by atoms with Crippen molar-refractivity contribution in [2.24, 2.45) is 0 Å². The zero-order chi connectivity index (χ0) is 53.6. The number of fused-ring (bicyclic) bond motifs is 5. The molecule has 356 valence electrons. The van der Waals surface area contributed by atoms with Crippen LogP contribution in [0.25, 0.3) is 83.4 Å². The first kappa shape index (κ1) is 39.3. The van der Waals surface area contributed by atoms with Gasteiger partial charge in [-0.05, 0) is 28.2 Å². The quantitative estimate of drug-likeness (QED) is 0.152. The minimum absolute atomic E-state index is 0.154. The summed E-state index contributed by atoms with van der Waals surface area (Å²) in [6.45, 7) is 7.29. The van der Waals surface area contributed by atoms with Crippen molar-refractivity contribution in [1.82, 2.24) is 18.7 Å². The van der Waals surface area contributed by atoms with Gasteiger partial charge in [-0.25, -0.2) is 0 Å². The minimum Gasteiger partial charge on any atom is -0.0617 e. The van der Waals surface area contributed by atoms with Gasteiger partial charge in [0.2, 0.25) is 0 Å². The monoisotopic (exact) mass is 1130 g/mol. The van der Waals surface area contributed by atoms with E-state index in [1.165, 1.54) is 5.56 Å². The number of nitrogens with zero attached hydrogens (tertiary/aromatic N) is 5. The van der Waals surface area contributed by atoms with E-state index >= 15 is 0 Å². The van der Waals surface area contributed by atoms with E-state index in [0.29, 0.717) is 17.1 Å². The van der Waals surface area contributed by atoms with Crippen LogP contribution >= 0.6 is 0 Å². The average molecular weight is 1130 g/mol. The van der Waals surface area contributed by atoms with Gasteiger partial charge in [0, 0.05) is 6.20 Å². The van der Waals surface area contributed by atoms with Crippen molar-refractivity contribution in [1.29, 1.82) is 0 Å². The summed E-state index contributed by atoms with van der Waals surface area (Å²) in [5, 5.41) is 1.73. The second-order valence-corrected chi connectivity index (χ2v) is 20.5. The number of hydrogen-bond acceptors (Lipinski definition) is 3. The zero-order valence-corrected chi connectivity index (χ0v) is 42.7. The Bertz CT molecular complexity index is 4350. The molecule has 0 aliphatic carbocycles. The molecule has 0 radical (unpaired) electrons. The molecule has 0 spiro atoms. The van der Waals surface area contributed by atoms with Crippen LogP contribution in [0.5, 0.6) is 11.5 Å². The normalized spacial score (nSPS) is 13.5. The van der Waals surface area contributed by atoms with Crippen molar-refractivity contribution in [3.63, 3.8) is 0 Å². The number of anilines is 2. The molecule has 0 bridgehead atoms. The van der Waals surface area contributed by atoms with Crippen molar-refractivity contribution in [2.75, 3.05) is 11.4 Å². The molecule has 73 heavy (non-hydrogen) atoms. The molecule has 3 aromatic heterocycles. The number of ether oxygens (including phenoxy) is 1. The fourth-order valence-electron chi connectivity index (χ4n) is 10.6. The molecule has 1 aliphatic rings. The molecule has 13 rings (SSSR count). The fourth-order valence-corrected chi connectivity index (χ4v) is 11.7. The van der Waals surface area contributed by atoms with Crippen LogP contribution in [-0.2, 0) is 31.2 Å². The van der Waals surface area contributed by atoms with Crippen LogP contribution in [0.1, 0.15) is 38.8 Å². The van der Waals surface area contributed by atoms with E-state index in [0.717, 1.165) is 106 Å². The number of imidazole rings is 1. The van der Waals surface area contributed by atoms with E-state index in [1.807, 2.05) is 48.7 Å². The molecule has 0 atom stereocenters. The summed E-state index contributed by atoms with van der Waals surface area (Å²) in [5.41, 5.74) is 15.5. The summed E-state index contributed by atoms with van der Waals surface area (Å²) in [5.74, 6) is 1.99. The van der Waals surface area contributed by atoms with Crippen LogP contribution in [0.15, 0.2) is 231 Å². The first-order chi connectivity index (χ1) is 37.8. The zero-order valence-electron chi connectivity index (χ0n) is 45.4. The Morgan fingerprint density at radius 2 is 1.22 bits per heavy atom. The number of benzene rings is 9. The Labute approximate surface area is 443 Å². The number of aromatic nitrogens is 4. The van der Waals surface area contributed by atoms with Crippen LogP contribution < -0.4 is 9.64 Å². The van der Waals surface area contributed by atoms with Gasteiger partial charge in [0.15, 0.2) is 0 Å². The van der Waals surface area contributed by atoms with Crippen molar-refractivity contribution in [2.45, 2.75) is 32.6 Å². The fraction of sp³-hybridized carbons (Fsp3) is 0.0909. The standard InChI is InChI=1S/C66H51N5O.Pt/c1-66(2,3)50-36-38-67-63(41-50)71-58-34-30-49(45-18-8-4-9-19-45)40-57(58)56-33-31-52(42-61(56)71)72-53-32-35-59-62(43-53)70-44-69(60-29-16-24-48(64(60)70)37-39-68(59)51-25-14-7-15-26-51)65-54(46-20-10-5-11-21-46)27-17-28-55(65)47-22-12-6-13-23-47;/h4-36,38,40-43H,37,39H2,1-3H3;/i4D,8D,9D,18D,19D;. The Kier molecular flexibility index (Phi) is 9.73. The summed E-state index contributed by atoms with van der Waals surface area (Å²) in [4.78, 5) is 7.36. The molecule has 1 aliphatic heterocycles. The molecule has 0 fully saturated rings. The summed E-state index contributed by atoms with van der Waals surface area (Å²) < 4.78 is 57.9. The molecule has 0 saturated carbocycles. The second kappa shape index (κ2) is 18.1. The molecule has 0 saturated heterocycles. The maximum absolute atomic E-state index is 8.83. The van der Waals surface area contributed by atoms with Crippen molar-refractivity contribution >= 4 is 44.2 Å². The van der Waals surface area contributed by atoms with Crippen molar-refractivity contribution in [3.8, 4) is 62.1 Å². The van der Waals surface area contributed by atoms with Gasteiger partial charge in [0.25, 0.3) is 0 Å². The van der Waals surface area contributed by atoms with Gasteiger partial charge in [-0.2, -0.15) is 0 Å². The summed E-state index contributed by atoms with van der Waals surface area (Å²) in [7, 11) is 0. The first-order valence-electron chi connectivity index (χ1n) is 27.1. The minimum atomic E-state index is -0.422. The number of para-hydroxylation sites is 3. The Balaban J connectivity index is 1.02. The molecular formula is C66H51N5OPt. The molecule has 6 nitrogen and oxygen atoms in total. The molecule has 7 heteroatoms. The Morgan fingerprint density at radius 1 is 0.534 bits per heavy atom. The molecule has 0 amide bonds. The molecule has 9 aromatic carbocycles. The Morgan fingerprint density at radius 3 is 1.95 bits per heavy atom. The van der Waals surface area contributed by atoms with Gasteiger partial charge in [-0.3, -0.25) is 0 Å². The van der Waals surface area contributed by atoms with Gasteiger partial charge in [0.1, 0.15) is 0 Å². The smallest absolute Gasteiger partial charge is 0.0617 e. The summed E-state index contributed by atoms with van der Waals surface area (Å²) >= 11 is 2.54. The third kappa shape index (κ3) is 7.85. The van der Waals surface area contributed by atoms with Crippen LogP contribution in [0.4, 0.5) is 11.4 Å². The number of pyridine rings is 1. The first-order valence-corrected chi connectivity index (χ1v) is 25.7. The van der Waals surface area contributed by atoms with Crippen molar-refractivity contribution in [3.05, 3.63) is 245 Å². The van der Waals surface area contributed by atoms with E-state index in [-0.39, 0.29) is 35.1 Å². The molecule has 0 unspecified atom stereocenters. The van der Waals surface area contributed by atoms with Gasteiger partial charge in [-0.15, -0.1) is 0 Å². The van der Waals surface area contributed by atoms with E-state index in [2.05, 4.69) is 210 Å². The van der Waals surface area contributed by atoms with Crippen LogP contribution in [0.3, 0.4) is 0 Å². The second-order valence-electron chi connectivity index (χ2n) is 19.5. The molecular weight excluding hydrogens is 1070 g/mol. The van der Waals surface area contributed by atoms with E-state index in [9.17, 15) is 0 Å². The Hall–Kier alpha value is -8.31. The summed E-state index contributed by atoms with van der Waals surface area (Å²) in [6, 6.07) is 65.9. The van der Waals surface area contributed by atoms with Crippen molar-refractivity contribution < 1.29 is 30.9 Å². The van der Waals surface area contributed by atoms with Gasteiger partial charge in [0.05, 0.1) is 6.85 Å². The van der Waals surface area contributed by atoms with Gasteiger partial charge < -0.3 is 0 Å². The molecule has 0 N–H and O–H groups in total. The number of hydrogen-bond donors (Lipinski definition) is 0. The molecule has 4 heterocycles. The summed E-state index contributed by atoms with van der Waals surface area (Å²) in [6.07, 6.45) is 2.65. The third-order valence-electron chi connectivity index (χ3n) is 14.1. The van der Waals surface area contributed by atoms with Crippen LogP contribution in [0.2, 0.25) is 0 Å². The van der Waals surface area contributed by atoms with Gasteiger partial charge in [-0.1, -0.05) is 57.0 Å². The van der Waals surface area contributed by atoms with E-state index in [4.69, 9.17) is 16.6 Å². The topological polar surface area (TPSA) is 40.1 Å². The van der Waals surface area contributed by atoms with E-state index < -0.39 is 6.04 Å². The van der Waals surface area contributed by atoms with Gasteiger partial charge >= 0.3 is 347 Å². The third-order valence-corrected chi connectivity index (χ3v) is 15.1. The van der Waals surface area contributed by atoms with Crippen LogP contribution in [0, 0.1) is 3.80 Å². The predicted molar refractivity (Wildman–Crippen MR) is 297 cm³/mol. The van der Waals surface area contributed by atoms with E-state index in [1.54, 1.807) is 0 Å². The maximum atomic E-state index is 8.83. The SMILES string of the molecule is [2H]c1c([2H])c([2H])c(-c2ccc3c(c2)c2ccc(Oc4ccc5c(c4)-n4[c](=[Pt])n(-c6c(-c7ccccc7)cccc6-c6ccccc6)c6cccc(c64)CCN5c4ccccc4)cc2n3-c2cc(C(C)(C)C)ccn2)c([2H])c1[2H]. The van der Waals surface area contributed by atoms with Crippen LogP contribution in [-0.4, -0.2) is 25.2 Å². The molecule has 12 aromatic rings. The predicted octanol–water partition coefficient (Wildman–Crippen LogP) is 16.8. The average Bonchev–Trinajstić information content (AvgIpc) is 4.13. The number of rotatable bonds is 8.